The number of benzene rings is 1. The number of furan rings is 1. The molecule has 0 aliphatic heterocycles. The number of fused-ring (bicyclic) bond motifs is 1. The topological polar surface area (TPSA) is 97.4 Å². The summed E-state index contributed by atoms with van der Waals surface area (Å²) in [6.45, 7) is 2.17. The van der Waals surface area contributed by atoms with Crippen LogP contribution in [0.25, 0.3) is 10.2 Å². The highest BCUT2D eigenvalue weighted by Crippen LogP contribution is 2.25. The number of thioether (sulfide) groups is 1. The van der Waals surface area contributed by atoms with Crippen molar-refractivity contribution in [2.24, 2.45) is 0 Å². The molecule has 0 aliphatic carbocycles. The van der Waals surface area contributed by atoms with Crippen molar-refractivity contribution in [3.63, 3.8) is 0 Å². The lowest BCUT2D eigenvalue weighted by atomic mass is 10.3. The van der Waals surface area contributed by atoms with Crippen molar-refractivity contribution >= 4 is 44.9 Å². The SMILES string of the molecule is Cc1cc2c(=O)n(Cc3ccco3)c(SCC(=O)Nc3cccc(O)c3)nc2s1. The molecule has 3 heterocycles. The van der Waals surface area contributed by atoms with Gasteiger partial charge >= 0.3 is 0 Å². The van der Waals surface area contributed by atoms with E-state index in [4.69, 9.17) is 4.42 Å². The van der Waals surface area contributed by atoms with Crippen molar-refractivity contribution in [2.45, 2.75) is 18.6 Å². The summed E-state index contributed by atoms with van der Waals surface area (Å²) < 4.78 is 6.91. The molecule has 2 N–H and O–H groups in total. The first-order valence-corrected chi connectivity index (χ1v) is 10.5. The summed E-state index contributed by atoms with van der Waals surface area (Å²) in [6.07, 6.45) is 1.55. The van der Waals surface area contributed by atoms with Gasteiger partial charge in [-0.2, -0.15) is 0 Å². The van der Waals surface area contributed by atoms with Crippen molar-refractivity contribution in [1.82, 2.24) is 9.55 Å². The van der Waals surface area contributed by atoms with Crippen LogP contribution in [0.15, 0.2) is 63.1 Å². The van der Waals surface area contributed by atoms with E-state index in [0.29, 0.717) is 26.8 Å². The third kappa shape index (κ3) is 4.36. The molecule has 0 fully saturated rings. The number of phenols is 1. The molecule has 0 bridgehead atoms. The van der Waals surface area contributed by atoms with Gasteiger partial charge in [0.2, 0.25) is 5.91 Å². The van der Waals surface area contributed by atoms with Gasteiger partial charge in [-0.3, -0.25) is 14.2 Å². The fourth-order valence-corrected chi connectivity index (χ4v) is 4.56. The highest BCUT2D eigenvalue weighted by Gasteiger charge is 2.16. The molecule has 0 aliphatic rings. The zero-order valence-electron chi connectivity index (χ0n) is 15.4. The van der Waals surface area contributed by atoms with E-state index in [9.17, 15) is 14.7 Å². The van der Waals surface area contributed by atoms with Gasteiger partial charge in [0.25, 0.3) is 5.56 Å². The Bertz CT molecular complexity index is 1230. The number of amides is 1. The molecule has 1 amide bonds. The molecule has 9 heteroatoms. The number of hydrogen-bond donors (Lipinski definition) is 2. The lowest BCUT2D eigenvalue weighted by Gasteiger charge is -2.11. The summed E-state index contributed by atoms with van der Waals surface area (Å²) in [4.78, 5) is 31.6. The van der Waals surface area contributed by atoms with Crippen molar-refractivity contribution in [1.29, 1.82) is 0 Å². The minimum absolute atomic E-state index is 0.0656. The van der Waals surface area contributed by atoms with E-state index in [1.54, 1.807) is 30.5 Å². The number of nitrogens with zero attached hydrogens (tertiary/aromatic N) is 2. The molecule has 0 radical (unpaired) electrons. The quantitative estimate of drug-likeness (QED) is 0.358. The first-order valence-electron chi connectivity index (χ1n) is 8.74. The summed E-state index contributed by atoms with van der Waals surface area (Å²) in [7, 11) is 0. The Hall–Kier alpha value is -3.04. The molecular weight excluding hydrogens is 410 g/mol. The van der Waals surface area contributed by atoms with Gasteiger partial charge in [0.05, 0.1) is 23.9 Å². The second-order valence-corrected chi connectivity index (χ2v) is 8.51. The van der Waals surface area contributed by atoms with Crippen molar-refractivity contribution < 1.29 is 14.3 Å². The maximum absolute atomic E-state index is 13.0. The zero-order valence-corrected chi connectivity index (χ0v) is 17.0. The number of carbonyl (C=O) groups is 1. The average Bonchev–Trinajstić information content (AvgIpc) is 3.32. The van der Waals surface area contributed by atoms with E-state index < -0.39 is 0 Å². The fourth-order valence-electron chi connectivity index (χ4n) is 2.84. The van der Waals surface area contributed by atoms with Gasteiger partial charge in [-0.05, 0) is 37.3 Å². The summed E-state index contributed by atoms with van der Waals surface area (Å²) in [5.74, 6) is 0.506. The number of aromatic nitrogens is 2. The Labute approximate surface area is 174 Å². The van der Waals surface area contributed by atoms with Gasteiger partial charge < -0.3 is 14.8 Å². The van der Waals surface area contributed by atoms with Crippen LogP contribution < -0.4 is 10.9 Å². The zero-order chi connectivity index (χ0) is 20.4. The Kier molecular flexibility index (Phi) is 5.41. The first-order chi connectivity index (χ1) is 14.0. The fraction of sp³-hybridized carbons (Fsp3) is 0.150. The Balaban J connectivity index is 1.59. The Morgan fingerprint density at radius 3 is 2.93 bits per heavy atom. The van der Waals surface area contributed by atoms with Crippen LogP contribution in [0.3, 0.4) is 0 Å². The van der Waals surface area contributed by atoms with Gasteiger partial charge in [-0.1, -0.05) is 17.8 Å². The Morgan fingerprint density at radius 1 is 1.31 bits per heavy atom. The van der Waals surface area contributed by atoms with E-state index in [2.05, 4.69) is 10.3 Å². The normalized spacial score (nSPS) is 11.1. The lowest BCUT2D eigenvalue weighted by molar-refractivity contribution is -0.113. The molecule has 7 nitrogen and oxygen atoms in total. The molecule has 29 heavy (non-hydrogen) atoms. The lowest BCUT2D eigenvalue weighted by Crippen LogP contribution is -2.24. The minimum atomic E-state index is -0.262. The molecule has 0 saturated carbocycles. The molecule has 0 atom stereocenters. The second-order valence-electron chi connectivity index (χ2n) is 6.33. The van der Waals surface area contributed by atoms with Crippen molar-refractivity contribution in [3.8, 4) is 5.75 Å². The molecule has 4 rings (SSSR count). The van der Waals surface area contributed by atoms with Gasteiger partial charge in [0.15, 0.2) is 5.16 Å². The minimum Gasteiger partial charge on any atom is -0.508 e. The van der Waals surface area contributed by atoms with E-state index >= 15 is 0 Å². The van der Waals surface area contributed by atoms with Crippen molar-refractivity contribution in [2.75, 3.05) is 11.1 Å². The average molecular weight is 428 g/mol. The number of thiophene rings is 1. The van der Waals surface area contributed by atoms with Crippen LogP contribution in [0.5, 0.6) is 5.75 Å². The number of rotatable bonds is 6. The summed E-state index contributed by atoms with van der Waals surface area (Å²) >= 11 is 2.63. The number of carbonyl (C=O) groups excluding carboxylic acids is 1. The van der Waals surface area contributed by atoms with E-state index in [0.717, 1.165) is 4.88 Å². The summed E-state index contributed by atoms with van der Waals surface area (Å²) in [6, 6.07) is 11.7. The number of anilines is 1. The largest absolute Gasteiger partial charge is 0.508 e. The van der Waals surface area contributed by atoms with E-state index in [1.165, 1.54) is 39.8 Å². The molecule has 0 unspecified atom stereocenters. The van der Waals surface area contributed by atoms with Crippen LogP contribution in [0.4, 0.5) is 5.69 Å². The first kappa shape index (κ1) is 19.3. The van der Waals surface area contributed by atoms with E-state index in [1.807, 2.05) is 13.0 Å². The highest BCUT2D eigenvalue weighted by atomic mass is 32.2. The molecule has 148 valence electrons. The van der Waals surface area contributed by atoms with E-state index in [-0.39, 0.29) is 29.5 Å². The number of aromatic hydroxyl groups is 1. The van der Waals surface area contributed by atoms with Gasteiger partial charge in [0, 0.05) is 16.6 Å². The molecule has 0 spiro atoms. The van der Waals surface area contributed by atoms with Crippen LogP contribution in [0, 0.1) is 6.92 Å². The van der Waals surface area contributed by atoms with Crippen LogP contribution in [0.2, 0.25) is 0 Å². The third-order valence-corrected chi connectivity index (χ3v) is 6.02. The number of hydrogen-bond acceptors (Lipinski definition) is 7. The van der Waals surface area contributed by atoms with Crippen LogP contribution in [0.1, 0.15) is 10.6 Å². The smallest absolute Gasteiger partial charge is 0.263 e. The van der Waals surface area contributed by atoms with Gasteiger partial charge in [-0.25, -0.2) is 4.98 Å². The van der Waals surface area contributed by atoms with Crippen LogP contribution in [-0.4, -0.2) is 26.3 Å². The standard InChI is InChI=1S/C20H17N3O4S2/c1-12-8-16-18(29-12)22-20(23(19(16)26)10-15-6-3-7-27-15)28-11-17(25)21-13-4-2-5-14(24)9-13/h2-9,24H,10-11H2,1H3,(H,21,25). The second kappa shape index (κ2) is 8.14. The predicted molar refractivity (Wildman–Crippen MR) is 114 cm³/mol. The molecular formula is C20H17N3O4S2. The number of phenolic OH excluding ortho intramolecular Hbond substituents is 1. The highest BCUT2D eigenvalue weighted by molar-refractivity contribution is 7.99. The Morgan fingerprint density at radius 2 is 2.17 bits per heavy atom. The van der Waals surface area contributed by atoms with Crippen molar-refractivity contribution in [3.05, 3.63) is 69.7 Å². The van der Waals surface area contributed by atoms with Gasteiger partial charge in [-0.15, -0.1) is 11.3 Å². The number of aryl methyl sites for hydroxylation is 1. The molecule has 3 aromatic heterocycles. The third-order valence-electron chi connectivity index (χ3n) is 4.10. The van der Waals surface area contributed by atoms with Crippen LogP contribution in [-0.2, 0) is 11.3 Å². The maximum atomic E-state index is 13.0. The number of nitrogens with one attached hydrogen (secondary N) is 1. The predicted octanol–water partition coefficient (Wildman–Crippen LogP) is 3.84. The monoisotopic (exact) mass is 427 g/mol. The maximum Gasteiger partial charge on any atom is 0.263 e. The molecule has 1 aromatic carbocycles. The summed E-state index contributed by atoms with van der Waals surface area (Å²) in [5.41, 5.74) is 0.340. The van der Waals surface area contributed by atoms with Crippen LogP contribution >= 0.6 is 23.1 Å². The summed E-state index contributed by atoms with van der Waals surface area (Å²) in [5, 5.41) is 13.2. The van der Waals surface area contributed by atoms with Gasteiger partial charge in [0.1, 0.15) is 16.3 Å². The molecule has 4 aromatic rings. The molecule has 0 saturated heterocycles.